The number of hydrogen-bond acceptors (Lipinski definition) is 3. The third kappa shape index (κ3) is 2.15. The molecule has 4 nitrogen and oxygen atoms in total. The molecule has 0 spiro atoms. The summed E-state index contributed by atoms with van der Waals surface area (Å²) in [5, 5.41) is 0. The summed E-state index contributed by atoms with van der Waals surface area (Å²) in [6.45, 7) is 3.80. The van der Waals surface area contributed by atoms with Crippen LogP contribution in [-0.2, 0) is 10.0 Å². The van der Waals surface area contributed by atoms with E-state index in [1.807, 2.05) is 13.8 Å². The molecule has 1 aliphatic carbocycles. The fourth-order valence-electron chi connectivity index (χ4n) is 2.07. The van der Waals surface area contributed by atoms with E-state index in [1.54, 1.807) is 0 Å². The average Bonchev–Trinajstić information content (AvgIpc) is 2.29. The molecule has 18 heavy (non-hydrogen) atoms. The molecule has 2 atom stereocenters. The fraction of sp³-hybridized carbons (Fsp3) is 0.500. The van der Waals surface area contributed by atoms with Crippen LogP contribution in [0.1, 0.15) is 20.3 Å². The molecule has 0 radical (unpaired) electrons. The molecule has 0 amide bonds. The first-order chi connectivity index (χ1) is 8.25. The highest BCUT2D eigenvalue weighted by Gasteiger charge is 2.47. The maximum Gasteiger partial charge on any atom is 0.243 e. The summed E-state index contributed by atoms with van der Waals surface area (Å²) >= 11 is 0. The summed E-state index contributed by atoms with van der Waals surface area (Å²) in [7, 11) is -3.83. The Bertz CT molecular complexity index is 557. The van der Waals surface area contributed by atoms with Crippen molar-refractivity contribution < 1.29 is 12.8 Å². The summed E-state index contributed by atoms with van der Waals surface area (Å²) in [5.41, 5.74) is 5.52. The van der Waals surface area contributed by atoms with Crippen LogP contribution in [0.25, 0.3) is 0 Å². The molecular formula is C12H17FN2O2S. The number of halogens is 1. The lowest BCUT2D eigenvalue weighted by atomic mass is 9.64. The van der Waals surface area contributed by atoms with E-state index in [2.05, 4.69) is 4.72 Å². The van der Waals surface area contributed by atoms with Crippen molar-refractivity contribution in [3.8, 4) is 0 Å². The minimum absolute atomic E-state index is 0.0363. The van der Waals surface area contributed by atoms with Gasteiger partial charge in [-0.15, -0.1) is 0 Å². The predicted molar refractivity (Wildman–Crippen MR) is 66.9 cm³/mol. The lowest BCUT2D eigenvalue weighted by Gasteiger charge is -2.50. The minimum Gasteiger partial charge on any atom is -0.327 e. The van der Waals surface area contributed by atoms with Gasteiger partial charge in [0.25, 0.3) is 0 Å². The van der Waals surface area contributed by atoms with Crippen LogP contribution < -0.4 is 10.5 Å². The average molecular weight is 272 g/mol. The molecular weight excluding hydrogens is 255 g/mol. The lowest BCUT2D eigenvalue weighted by molar-refractivity contribution is 0.0903. The maximum absolute atomic E-state index is 13.5. The zero-order chi connectivity index (χ0) is 13.6. The zero-order valence-electron chi connectivity index (χ0n) is 10.4. The molecule has 1 aromatic carbocycles. The van der Waals surface area contributed by atoms with E-state index in [0.29, 0.717) is 6.42 Å². The highest BCUT2D eigenvalue weighted by Crippen LogP contribution is 2.39. The second-order valence-electron chi connectivity index (χ2n) is 5.27. The van der Waals surface area contributed by atoms with E-state index < -0.39 is 15.8 Å². The van der Waals surface area contributed by atoms with Gasteiger partial charge in [0.15, 0.2) is 0 Å². The van der Waals surface area contributed by atoms with Gasteiger partial charge < -0.3 is 5.73 Å². The largest absolute Gasteiger partial charge is 0.327 e. The van der Waals surface area contributed by atoms with Crippen molar-refractivity contribution in [1.29, 1.82) is 0 Å². The molecule has 1 aromatic rings. The fourth-order valence-corrected chi connectivity index (χ4v) is 3.56. The van der Waals surface area contributed by atoms with Crippen LogP contribution in [0.5, 0.6) is 0 Å². The Kier molecular flexibility index (Phi) is 3.21. The molecule has 2 rings (SSSR count). The molecule has 0 saturated heterocycles. The van der Waals surface area contributed by atoms with E-state index in [1.165, 1.54) is 18.2 Å². The van der Waals surface area contributed by atoms with Crippen LogP contribution in [0.2, 0.25) is 0 Å². The van der Waals surface area contributed by atoms with Gasteiger partial charge in [0.05, 0.1) is 0 Å². The molecule has 0 bridgehead atoms. The molecule has 0 aromatic heterocycles. The van der Waals surface area contributed by atoms with Gasteiger partial charge in [-0.25, -0.2) is 17.5 Å². The van der Waals surface area contributed by atoms with Gasteiger partial charge >= 0.3 is 0 Å². The van der Waals surface area contributed by atoms with Crippen molar-refractivity contribution >= 4 is 10.0 Å². The Balaban J connectivity index is 2.22. The summed E-state index contributed by atoms with van der Waals surface area (Å²) in [6, 6.07) is 5.05. The number of nitrogens with one attached hydrogen (secondary N) is 1. The van der Waals surface area contributed by atoms with E-state index in [0.717, 1.165) is 6.07 Å². The Morgan fingerprint density at radius 1 is 1.39 bits per heavy atom. The standard InChI is InChI=1S/C12H17FN2O2S/c1-12(2)10(14)7-11(12)15-18(16,17)9-6-4-3-5-8(9)13/h3-6,10-11,15H,7,14H2,1-2H3. The second-order valence-corrected chi connectivity index (χ2v) is 6.95. The second kappa shape index (κ2) is 4.29. The zero-order valence-corrected chi connectivity index (χ0v) is 11.2. The summed E-state index contributed by atoms with van der Waals surface area (Å²) in [5.74, 6) is -0.744. The van der Waals surface area contributed by atoms with Crippen molar-refractivity contribution in [2.45, 2.75) is 37.2 Å². The highest BCUT2D eigenvalue weighted by molar-refractivity contribution is 7.89. The first-order valence-electron chi connectivity index (χ1n) is 5.77. The topological polar surface area (TPSA) is 72.2 Å². The number of nitrogens with two attached hydrogens (primary N) is 1. The summed E-state index contributed by atoms with van der Waals surface area (Å²) < 4.78 is 40.1. The van der Waals surface area contributed by atoms with E-state index in [9.17, 15) is 12.8 Å². The monoisotopic (exact) mass is 272 g/mol. The smallest absolute Gasteiger partial charge is 0.243 e. The lowest BCUT2D eigenvalue weighted by Crippen LogP contribution is -2.64. The van der Waals surface area contributed by atoms with Crippen molar-refractivity contribution in [2.75, 3.05) is 0 Å². The molecule has 0 aliphatic heterocycles. The normalized spacial score (nSPS) is 26.7. The van der Waals surface area contributed by atoms with E-state index in [4.69, 9.17) is 5.73 Å². The number of hydrogen-bond donors (Lipinski definition) is 2. The molecule has 1 aliphatic rings. The Hall–Kier alpha value is -0.980. The van der Waals surface area contributed by atoms with Crippen molar-refractivity contribution in [3.63, 3.8) is 0 Å². The number of sulfonamides is 1. The molecule has 6 heteroatoms. The Morgan fingerprint density at radius 2 is 2.00 bits per heavy atom. The van der Waals surface area contributed by atoms with Crippen LogP contribution in [0.4, 0.5) is 4.39 Å². The van der Waals surface area contributed by atoms with Crippen LogP contribution in [-0.4, -0.2) is 20.5 Å². The van der Waals surface area contributed by atoms with Crippen molar-refractivity contribution in [3.05, 3.63) is 30.1 Å². The Labute approximate surface area is 106 Å². The summed E-state index contributed by atoms with van der Waals surface area (Å²) in [6.07, 6.45) is 0.570. The number of rotatable bonds is 3. The van der Waals surface area contributed by atoms with Gasteiger partial charge in [0.2, 0.25) is 10.0 Å². The van der Waals surface area contributed by atoms with E-state index >= 15 is 0 Å². The molecule has 0 heterocycles. The molecule has 3 N–H and O–H groups in total. The van der Waals surface area contributed by atoms with E-state index in [-0.39, 0.29) is 22.4 Å². The quantitative estimate of drug-likeness (QED) is 0.869. The van der Waals surface area contributed by atoms with Gasteiger partial charge in [-0.1, -0.05) is 26.0 Å². The van der Waals surface area contributed by atoms with Crippen molar-refractivity contribution in [2.24, 2.45) is 11.1 Å². The third-order valence-corrected chi connectivity index (χ3v) is 5.27. The third-order valence-electron chi connectivity index (χ3n) is 3.77. The van der Waals surface area contributed by atoms with Gasteiger partial charge in [0, 0.05) is 12.1 Å². The summed E-state index contributed by atoms with van der Waals surface area (Å²) in [4.78, 5) is -0.318. The van der Waals surface area contributed by atoms with Gasteiger partial charge in [0.1, 0.15) is 10.7 Å². The van der Waals surface area contributed by atoms with Crippen LogP contribution >= 0.6 is 0 Å². The molecule has 2 unspecified atom stereocenters. The van der Waals surface area contributed by atoms with Crippen LogP contribution in [0.3, 0.4) is 0 Å². The minimum atomic E-state index is -3.83. The SMILES string of the molecule is CC1(C)C(N)CC1NS(=O)(=O)c1ccccc1F. The van der Waals surface area contributed by atoms with Gasteiger partial charge in [-0.05, 0) is 24.0 Å². The van der Waals surface area contributed by atoms with Crippen LogP contribution in [0, 0.1) is 11.2 Å². The molecule has 100 valence electrons. The van der Waals surface area contributed by atoms with Crippen molar-refractivity contribution in [1.82, 2.24) is 4.72 Å². The first kappa shape index (κ1) is 13.5. The van der Waals surface area contributed by atoms with Gasteiger partial charge in [-0.2, -0.15) is 0 Å². The molecule has 1 saturated carbocycles. The number of benzene rings is 1. The predicted octanol–water partition coefficient (Wildman–Crippen LogP) is 1.23. The maximum atomic E-state index is 13.5. The molecule has 1 fully saturated rings. The van der Waals surface area contributed by atoms with Crippen LogP contribution in [0.15, 0.2) is 29.2 Å². The Morgan fingerprint density at radius 3 is 2.50 bits per heavy atom. The highest BCUT2D eigenvalue weighted by atomic mass is 32.2. The van der Waals surface area contributed by atoms with Gasteiger partial charge in [-0.3, -0.25) is 0 Å². The first-order valence-corrected chi connectivity index (χ1v) is 7.26.